The molecule has 2 amide bonds. The third-order valence-corrected chi connectivity index (χ3v) is 6.26. The fourth-order valence-electron chi connectivity index (χ4n) is 4.50. The number of hydrogen-bond acceptors (Lipinski definition) is 5. The summed E-state index contributed by atoms with van der Waals surface area (Å²) in [4.78, 5) is 36.7. The number of rotatable bonds is 7. The number of carboxylic acids is 1. The Morgan fingerprint density at radius 2 is 1.63 bits per heavy atom. The van der Waals surface area contributed by atoms with Crippen LogP contribution in [0.4, 0.5) is 4.79 Å². The minimum absolute atomic E-state index is 0.0111. The number of carbonyl (C=O) groups is 3. The Balaban J connectivity index is 1.18. The molecule has 1 saturated heterocycles. The maximum absolute atomic E-state index is 12.3. The van der Waals surface area contributed by atoms with Crippen molar-refractivity contribution in [3.8, 4) is 23.0 Å². The summed E-state index contributed by atoms with van der Waals surface area (Å²) in [6.07, 6.45) is 0.645. The highest BCUT2D eigenvalue weighted by molar-refractivity contribution is 5.93. The molecule has 0 bridgehead atoms. The number of carbonyl (C=O) groups excluding carboxylic acids is 2. The molecule has 8 heteroatoms. The molecule has 0 aromatic heterocycles. The molecule has 1 aliphatic carbocycles. The Labute approximate surface area is 204 Å². The van der Waals surface area contributed by atoms with Gasteiger partial charge in [0.25, 0.3) is 5.91 Å². The lowest BCUT2D eigenvalue weighted by molar-refractivity contribution is -0.138. The molecule has 35 heavy (non-hydrogen) atoms. The van der Waals surface area contributed by atoms with Gasteiger partial charge in [0.2, 0.25) is 0 Å². The molecule has 1 aliphatic heterocycles. The average molecular weight is 477 g/mol. The molecule has 2 aromatic rings. The van der Waals surface area contributed by atoms with Gasteiger partial charge in [0.15, 0.2) is 0 Å². The van der Waals surface area contributed by atoms with Crippen LogP contribution in [-0.4, -0.2) is 66.9 Å². The quantitative estimate of drug-likeness (QED) is 0.596. The van der Waals surface area contributed by atoms with Crippen molar-refractivity contribution in [1.29, 1.82) is 0 Å². The highest BCUT2D eigenvalue weighted by Crippen LogP contribution is 2.44. The molecule has 0 atom stereocenters. The van der Waals surface area contributed by atoms with E-state index in [-0.39, 0.29) is 44.1 Å². The molecular weight excluding hydrogens is 448 g/mol. The van der Waals surface area contributed by atoms with Crippen LogP contribution in [0.3, 0.4) is 0 Å². The smallest absolute Gasteiger partial charge is 0.407 e. The molecule has 2 N–H and O–H groups in total. The third kappa shape index (κ3) is 6.19. The van der Waals surface area contributed by atoms with Gasteiger partial charge < -0.3 is 24.8 Å². The van der Waals surface area contributed by atoms with Crippen molar-refractivity contribution in [2.45, 2.75) is 31.3 Å². The fraction of sp³-hybridized carbons (Fsp3) is 0.370. The van der Waals surface area contributed by atoms with E-state index in [2.05, 4.69) is 41.4 Å². The first kappa shape index (κ1) is 24.3. The number of aliphatic carboxylic acids is 1. The van der Waals surface area contributed by atoms with E-state index in [4.69, 9.17) is 14.6 Å². The topological polar surface area (TPSA) is 105 Å². The highest BCUT2D eigenvalue weighted by atomic mass is 16.5. The Morgan fingerprint density at radius 3 is 2.26 bits per heavy atom. The van der Waals surface area contributed by atoms with Crippen molar-refractivity contribution in [3.05, 3.63) is 59.7 Å². The number of alkyl carbamates (subject to hydrolysis) is 1. The van der Waals surface area contributed by atoms with E-state index in [9.17, 15) is 14.4 Å². The average Bonchev–Trinajstić information content (AvgIpc) is 3.19. The van der Waals surface area contributed by atoms with E-state index in [1.807, 2.05) is 24.3 Å². The minimum Gasteiger partial charge on any atom is -0.481 e. The Morgan fingerprint density at radius 1 is 1.00 bits per heavy atom. The molecule has 4 rings (SSSR count). The van der Waals surface area contributed by atoms with Crippen molar-refractivity contribution in [3.63, 3.8) is 0 Å². The second-order valence-corrected chi connectivity index (χ2v) is 8.49. The first-order valence-electron chi connectivity index (χ1n) is 11.7. The monoisotopic (exact) mass is 476 g/mol. The van der Waals surface area contributed by atoms with E-state index < -0.39 is 12.1 Å². The summed E-state index contributed by atoms with van der Waals surface area (Å²) >= 11 is 0. The molecule has 2 aromatic carbocycles. The van der Waals surface area contributed by atoms with Crippen molar-refractivity contribution in [2.24, 2.45) is 0 Å². The molecule has 1 fully saturated rings. The predicted molar refractivity (Wildman–Crippen MR) is 129 cm³/mol. The number of fused-ring (bicyclic) bond motifs is 3. The van der Waals surface area contributed by atoms with Crippen molar-refractivity contribution >= 4 is 18.0 Å². The van der Waals surface area contributed by atoms with Crippen molar-refractivity contribution < 1.29 is 29.0 Å². The van der Waals surface area contributed by atoms with Crippen LogP contribution in [0.1, 0.15) is 36.3 Å². The van der Waals surface area contributed by atoms with Crippen LogP contribution in [0.5, 0.6) is 0 Å². The molecule has 8 nitrogen and oxygen atoms in total. The Hall–Kier alpha value is -3.83. The maximum atomic E-state index is 12.3. The van der Waals surface area contributed by atoms with Gasteiger partial charge in [-0.25, -0.2) is 4.79 Å². The lowest BCUT2D eigenvalue weighted by Gasteiger charge is -2.30. The van der Waals surface area contributed by atoms with Gasteiger partial charge >= 0.3 is 12.1 Å². The Bertz CT molecular complexity index is 1100. The summed E-state index contributed by atoms with van der Waals surface area (Å²) in [5, 5.41) is 11.2. The molecule has 0 spiro atoms. The van der Waals surface area contributed by atoms with Gasteiger partial charge in [-0.2, -0.15) is 0 Å². The number of piperidine rings is 1. The SMILES string of the molecule is O=C(O)CCOC1CCN(C(=O)C#CCNC(=O)OCC2c3ccccc3-c3ccccc32)CC1. The van der Waals surface area contributed by atoms with Gasteiger partial charge in [-0.3, -0.25) is 9.59 Å². The van der Waals surface area contributed by atoms with Gasteiger partial charge in [-0.05, 0) is 41.0 Å². The van der Waals surface area contributed by atoms with Crippen LogP contribution >= 0.6 is 0 Å². The molecule has 0 unspecified atom stereocenters. The van der Waals surface area contributed by atoms with Gasteiger partial charge in [0.05, 0.1) is 25.7 Å². The zero-order chi connectivity index (χ0) is 24.6. The van der Waals surface area contributed by atoms with Crippen LogP contribution in [0.2, 0.25) is 0 Å². The zero-order valence-corrected chi connectivity index (χ0v) is 19.4. The summed E-state index contributed by atoms with van der Waals surface area (Å²) in [5.41, 5.74) is 4.61. The van der Waals surface area contributed by atoms with E-state index in [1.54, 1.807) is 4.90 Å². The van der Waals surface area contributed by atoms with Crippen LogP contribution < -0.4 is 5.32 Å². The zero-order valence-electron chi connectivity index (χ0n) is 19.4. The number of likely N-dealkylation sites (tertiary alicyclic amines) is 1. The van der Waals surface area contributed by atoms with Gasteiger partial charge in [0, 0.05) is 19.0 Å². The largest absolute Gasteiger partial charge is 0.481 e. The molecule has 0 saturated carbocycles. The lowest BCUT2D eigenvalue weighted by atomic mass is 9.98. The molecule has 182 valence electrons. The number of ether oxygens (including phenoxy) is 2. The van der Waals surface area contributed by atoms with E-state index >= 15 is 0 Å². The second kappa shape index (κ2) is 11.5. The minimum atomic E-state index is -0.889. The lowest BCUT2D eigenvalue weighted by Crippen LogP contribution is -2.40. The van der Waals surface area contributed by atoms with E-state index in [0.717, 1.165) is 22.3 Å². The summed E-state index contributed by atoms with van der Waals surface area (Å²) in [6.45, 7) is 1.41. The first-order chi connectivity index (χ1) is 17.0. The summed E-state index contributed by atoms with van der Waals surface area (Å²) in [7, 11) is 0. The molecule has 0 radical (unpaired) electrons. The number of nitrogens with zero attached hydrogens (tertiary/aromatic N) is 1. The highest BCUT2D eigenvalue weighted by Gasteiger charge is 2.29. The van der Waals surface area contributed by atoms with E-state index in [1.165, 1.54) is 0 Å². The molecule has 1 heterocycles. The number of amides is 2. The number of nitrogens with one attached hydrogen (secondary N) is 1. The Kier molecular flexibility index (Phi) is 8.01. The van der Waals surface area contributed by atoms with Crippen LogP contribution in [0.25, 0.3) is 11.1 Å². The van der Waals surface area contributed by atoms with Crippen molar-refractivity contribution in [1.82, 2.24) is 10.2 Å². The summed E-state index contributed by atoms with van der Waals surface area (Å²) < 4.78 is 11.0. The molecular formula is C27H28N2O6. The first-order valence-corrected chi connectivity index (χ1v) is 11.7. The summed E-state index contributed by atoms with van der Waals surface area (Å²) in [6, 6.07) is 16.3. The predicted octanol–water partition coefficient (Wildman–Crippen LogP) is 3.01. The van der Waals surface area contributed by atoms with Gasteiger partial charge in [-0.1, -0.05) is 54.5 Å². The van der Waals surface area contributed by atoms with Crippen LogP contribution in [-0.2, 0) is 19.1 Å². The summed E-state index contributed by atoms with van der Waals surface area (Å²) in [5.74, 6) is 4.02. The van der Waals surface area contributed by atoms with Gasteiger partial charge in [-0.15, -0.1) is 0 Å². The van der Waals surface area contributed by atoms with Crippen molar-refractivity contribution in [2.75, 3.05) is 32.8 Å². The van der Waals surface area contributed by atoms with Crippen LogP contribution in [0, 0.1) is 11.8 Å². The van der Waals surface area contributed by atoms with Gasteiger partial charge in [0.1, 0.15) is 6.61 Å². The fourth-order valence-corrected chi connectivity index (χ4v) is 4.50. The number of carboxylic acid groups (broad SMARTS) is 1. The number of benzene rings is 2. The number of hydrogen-bond donors (Lipinski definition) is 2. The second-order valence-electron chi connectivity index (χ2n) is 8.49. The van der Waals surface area contributed by atoms with E-state index in [0.29, 0.717) is 25.9 Å². The molecule has 2 aliphatic rings. The standard InChI is InChI=1S/C27H28N2O6/c30-25(29-15-11-19(12-16-29)34-17-13-26(31)32)10-5-14-28-27(33)35-18-24-22-8-3-1-6-20(22)21-7-2-4-9-23(21)24/h1-4,6-9,19,24H,11-18H2,(H,28,33)(H,31,32). The normalized spacial score (nSPS) is 14.9. The maximum Gasteiger partial charge on any atom is 0.407 e. The van der Waals surface area contributed by atoms with Crippen LogP contribution in [0.15, 0.2) is 48.5 Å². The third-order valence-electron chi connectivity index (χ3n) is 6.26.